The number of ether oxygens (including phenoxy) is 1. The number of non-ortho nitro benzene ring substituents is 1. The number of nitro benzene ring substituents is 1. The molecule has 1 heterocycles. The zero-order valence-electron chi connectivity index (χ0n) is 23.7. The van der Waals surface area contributed by atoms with Gasteiger partial charge in [0.2, 0.25) is 5.91 Å². The van der Waals surface area contributed by atoms with Crippen LogP contribution in [-0.4, -0.2) is 59.0 Å². The minimum absolute atomic E-state index is 0.0881. The zero-order valence-corrected chi connectivity index (χ0v) is 26.1. The molecule has 228 valence electrons. The van der Waals surface area contributed by atoms with Crippen LogP contribution in [-0.2, 0) is 14.4 Å². The van der Waals surface area contributed by atoms with Crippen LogP contribution in [0.2, 0.25) is 0 Å². The Labute approximate surface area is 265 Å². The zero-order chi connectivity index (χ0) is 31.8. The van der Waals surface area contributed by atoms with Crippen LogP contribution in [0.5, 0.6) is 5.75 Å². The molecule has 1 saturated heterocycles. The smallest absolute Gasteiger partial charge is 0.294 e. The van der Waals surface area contributed by atoms with Gasteiger partial charge in [-0.05, 0) is 77.9 Å². The van der Waals surface area contributed by atoms with E-state index in [1.165, 1.54) is 30.3 Å². The molecule has 1 aliphatic rings. The molecule has 0 aliphatic carbocycles. The standard InChI is InChI=1S/C30H28BrN5O7S/c1-3-34(4-2)21-13-12-19(25(16-21)43-18-28(38)32-20-8-7-9-22(15-20)36(41)42)14-26-29(39)35(30(40)44-26)17-27(37)33-24-11-6-5-10-23(24)31/h5-16H,3-4,17-18H2,1-2H3,(H,32,38)(H,33,37)/b26-14+. The molecule has 0 aromatic heterocycles. The number of carbonyl (C=O) groups excluding carboxylic acids is 4. The molecule has 2 N–H and O–H groups in total. The van der Waals surface area contributed by atoms with Crippen LogP contribution in [0.15, 0.2) is 76.1 Å². The van der Waals surface area contributed by atoms with Crippen LogP contribution in [0, 0.1) is 10.1 Å². The number of imide groups is 1. The minimum atomic E-state index is -0.635. The van der Waals surface area contributed by atoms with Crippen LogP contribution in [0.4, 0.5) is 27.5 Å². The third-order valence-corrected chi connectivity index (χ3v) is 8.03. The summed E-state index contributed by atoms with van der Waals surface area (Å²) < 4.78 is 6.52. The molecule has 12 nitrogen and oxygen atoms in total. The van der Waals surface area contributed by atoms with Gasteiger partial charge in [0.05, 0.1) is 15.5 Å². The van der Waals surface area contributed by atoms with Crippen LogP contribution in [0.25, 0.3) is 6.08 Å². The van der Waals surface area contributed by atoms with Crippen molar-refractivity contribution in [1.82, 2.24) is 4.90 Å². The molecule has 1 aliphatic heterocycles. The first-order valence-corrected chi connectivity index (χ1v) is 15.1. The minimum Gasteiger partial charge on any atom is -0.483 e. The molecule has 14 heteroatoms. The second-order valence-electron chi connectivity index (χ2n) is 9.33. The highest BCUT2D eigenvalue weighted by Crippen LogP contribution is 2.35. The molecular formula is C30H28BrN5O7S. The molecule has 44 heavy (non-hydrogen) atoms. The van der Waals surface area contributed by atoms with Crippen LogP contribution < -0.4 is 20.3 Å². The predicted molar refractivity (Wildman–Crippen MR) is 173 cm³/mol. The average Bonchev–Trinajstić information content (AvgIpc) is 3.26. The van der Waals surface area contributed by atoms with Gasteiger partial charge in [0.15, 0.2) is 6.61 Å². The Morgan fingerprint density at radius 1 is 1.02 bits per heavy atom. The number of rotatable bonds is 12. The lowest BCUT2D eigenvalue weighted by Crippen LogP contribution is -2.36. The van der Waals surface area contributed by atoms with E-state index in [1.54, 1.807) is 36.4 Å². The van der Waals surface area contributed by atoms with Gasteiger partial charge in [-0.3, -0.25) is 34.2 Å². The first-order chi connectivity index (χ1) is 21.1. The number of anilines is 3. The van der Waals surface area contributed by atoms with Crippen LogP contribution >= 0.6 is 27.7 Å². The predicted octanol–water partition coefficient (Wildman–Crippen LogP) is 5.90. The summed E-state index contributed by atoms with van der Waals surface area (Å²) in [6.45, 7) is 4.51. The fourth-order valence-corrected chi connectivity index (χ4v) is 5.48. The molecule has 3 aromatic carbocycles. The Morgan fingerprint density at radius 2 is 1.77 bits per heavy atom. The van der Waals surface area contributed by atoms with Crippen molar-refractivity contribution < 1.29 is 28.8 Å². The van der Waals surface area contributed by atoms with E-state index in [1.807, 2.05) is 19.9 Å². The van der Waals surface area contributed by atoms with E-state index >= 15 is 0 Å². The number of para-hydroxylation sites is 1. The lowest BCUT2D eigenvalue weighted by Gasteiger charge is -2.22. The average molecular weight is 683 g/mol. The highest BCUT2D eigenvalue weighted by molar-refractivity contribution is 9.10. The number of hydrogen-bond acceptors (Lipinski definition) is 9. The Morgan fingerprint density at radius 3 is 2.48 bits per heavy atom. The summed E-state index contributed by atoms with van der Waals surface area (Å²) in [6.07, 6.45) is 1.48. The number of halogens is 1. The molecule has 4 amide bonds. The molecule has 0 spiro atoms. The fraction of sp³-hybridized carbons (Fsp3) is 0.200. The van der Waals surface area contributed by atoms with E-state index in [9.17, 15) is 29.3 Å². The molecule has 0 radical (unpaired) electrons. The van der Waals surface area contributed by atoms with Crippen LogP contribution in [0.1, 0.15) is 19.4 Å². The van der Waals surface area contributed by atoms with E-state index in [-0.39, 0.29) is 22.0 Å². The molecule has 0 unspecified atom stereocenters. The van der Waals surface area contributed by atoms with E-state index in [4.69, 9.17) is 4.74 Å². The van der Waals surface area contributed by atoms with Crippen molar-refractivity contribution in [2.45, 2.75) is 13.8 Å². The summed E-state index contributed by atoms with van der Waals surface area (Å²) in [7, 11) is 0. The number of nitrogens with zero attached hydrogens (tertiary/aromatic N) is 3. The normalized spacial score (nSPS) is 13.6. The van der Waals surface area contributed by atoms with Crippen molar-refractivity contribution >= 4 is 79.5 Å². The lowest BCUT2D eigenvalue weighted by molar-refractivity contribution is -0.384. The second-order valence-corrected chi connectivity index (χ2v) is 11.2. The molecule has 0 bridgehead atoms. The van der Waals surface area contributed by atoms with Gasteiger partial charge in [-0.25, -0.2) is 0 Å². The number of amides is 4. The Bertz CT molecular complexity index is 1640. The van der Waals surface area contributed by atoms with Gasteiger partial charge in [-0.2, -0.15) is 0 Å². The number of hydrogen-bond donors (Lipinski definition) is 2. The largest absolute Gasteiger partial charge is 0.483 e. The number of thioether (sulfide) groups is 1. The number of benzene rings is 3. The van der Waals surface area contributed by atoms with Crippen molar-refractivity contribution in [2.75, 3.05) is 41.8 Å². The monoisotopic (exact) mass is 681 g/mol. The number of nitrogens with one attached hydrogen (secondary N) is 2. The van der Waals surface area contributed by atoms with Crippen molar-refractivity contribution in [3.63, 3.8) is 0 Å². The molecule has 0 atom stereocenters. The lowest BCUT2D eigenvalue weighted by atomic mass is 10.1. The van der Waals surface area contributed by atoms with Crippen molar-refractivity contribution in [1.29, 1.82) is 0 Å². The topological polar surface area (TPSA) is 151 Å². The Kier molecular flexibility index (Phi) is 10.7. The summed E-state index contributed by atoms with van der Waals surface area (Å²) in [4.78, 5) is 64.7. The van der Waals surface area contributed by atoms with E-state index < -0.39 is 41.0 Å². The van der Waals surface area contributed by atoms with Crippen LogP contribution in [0.3, 0.4) is 0 Å². The van der Waals surface area contributed by atoms with Gasteiger partial charge in [0.25, 0.3) is 22.7 Å². The summed E-state index contributed by atoms with van der Waals surface area (Å²) in [5.74, 6) is -1.45. The van der Waals surface area contributed by atoms with Crippen molar-refractivity contribution in [3.8, 4) is 5.75 Å². The molecule has 3 aromatic rings. The maximum atomic E-state index is 13.2. The maximum absolute atomic E-state index is 13.2. The van der Waals surface area contributed by atoms with Gasteiger partial charge in [-0.1, -0.05) is 18.2 Å². The third-order valence-electron chi connectivity index (χ3n) is 6.44. The number of carbonyl (C=O) groups is 4. The highest BCUT2D eigenvalue weighted by atomic mass is 79.9. The van der Waals surface area contributed by atoms with Gasteiger partial charge in [-0.15, -0.1) is 0 Å². The van der Waals surface area contributed by atoms with Crippen molar-refractivity contribution in [3.05, 3.63) is 91.8 Å². The molecule has 1 fully saturated rings. The summed E-state index contributed by atoms with van der Waals surface area (Å²) in [5.41, 5.74) is 1.83. The van der Waals surface area contributed by atoms with E-state index in [0.717, 1.165) is 10.6 Å². The molecular weight excluding hydrogens is 654 g/mol. The first-order valence-electron chi connectivity index (χ1n) is 13.5. The third kappa shape index (κ3) is 8.02. The van der Waals surface area contributed by atoms with Gasteiger partial charge in [0, 0.05) is 52.7 Å². The SMILES string of the molecule is CCN(CC)c1ccc(/C=C2/SC(=O)N(CC(=O)Nc3ccccc3Br)C2=O)c(OCC(=O)Nc2cccc([N+](=O)[O-])c2)c1. The molecule has 0 saturated carbocycles. The van der Waals surface area contributed by atoms with Gasteiger partial charge >= 0.3 is 0 Å². The highest BCUT2D eigenvalue weighted by Gasteiger charge is 2.36. The Hall–Kier alpha value is -4.69. The van der Waals surface area contributed by atoms with Gasteiger partial charge in [0.1, 0.15) is 12.3 Å². The molecule has 4 rings (SSSR count). The maximum Gasteiger partial charge on any atom is 0.294 e. The van der Waals surface area contributed by atoms with E-state index in [2.05, 4.69) is 31.5 Å². The summed E-state index contributed by atoms with van der Waals surface area (Å²) in [5, 5.41) is 15.7. The van der Waals surface area contributed by atoms with Gasteiger partial charge < -0.3 is 20.3 Å². The first kappa shape index (κ1) is 32.2. The summed E-state index contributed by atoms with van der Waals surface area (Å²) in [6, 6.07) is 17.8. The Balaban J connectivity index is 1.52. The fourth-order valence-electron chi connectivity index (χ4n) is 4.26. The van der Waals surface area contributed by atoms with Crippen molar-refractivity contribution in [2.24, 2.45) is 0 Å². The number of nitro groups is 1. The van der Waals surface area contributed by atoms with E-state index in [0.29, 0.717) is 40.6 Å². The second kappa shape index (κ2) is 14.7. The summed E-state index contributed by atoms with van der Waals surface area (Å²) >= 11 is 4.04. The quantitative estimate of drug-likeness (QED) is 0.135.